The van der Waals surface area contributed by atoms with E-state index in [9.17, 15) is 19.7 Å². The molecule has 7 rings (SSSR count). The Labute approximate surface area is 178 Å². The molecule has 1 fully saturated rings. The maximum Gasteiger partial charge on any atom is 0.274 e. The minimum Gasteiger partial charge on any atom is -0.274 e. The summed E-state index contributed by atoms with van der Waals surface area (Å²) in [7, 11) is 0. The largest absolute Gasteiger partial charge is 0.274 e. The zero-order valence-corrected chi connectivity index (χ0v) is 16.7. The molecule has 0 aromatic heterocycles. The maximum absolute atomic E-state index is 13.7. The minimum absolute atomic E-state index is 0.0949. The first-order chi connectivity index (χ1) is 15.0. The van der Waals surface area contributed by atoms with Crippen molar-refractivity contribution in [3.8, 4) is 0 Å². The highest BCUT2D eigenvalue weighted by molar-refractivity contribution is 6.23. The number of nitro benzene ring substituents is 1. The van der Waals surface area contributed by atoms with Gasteiger partial charge in [0.25, 0.3) is 5.69 Å². The van der Waals surface area contributed by atoms with E-state index in [2.05, 4.69) is 24.3 Å². The Morgan fingerprint density at radius 3 is 1.65 bits per heavy atom. The van der Waals surface area contributed by atoms with Crippen LogP contribution in [0.5, 0.6) is 0 Å². The monoisotopic (exact) mass is 410 g/mol. The van der Waals surface area contributed by atoms with Crippen molar-refractivity contribution in [2.75, 3.05) is 4.90 Å². The van der Waals surface area contributed by atoms with E-state index < -0.39 is 16.8 Å². The van der Waals surface area contributed by atoms with Crippen LogP contribution in [-0.4, -0.2) is 16.7 Å². The van der Waals surface area contributed by atoms with Crippen LogP contribution < -0.4 is 4.90 Å². The summed E-state index contributed by atoms with van der Waals surface area (Å²) in [6.07, 6.45) is 0. The Morgan fingerprint density at radius 1 is 0.774 bits per heavy atom. The summed E-state index contributed by atoms with van der Waals surface area (Å²) in [5.41, 5.74) is 5.08. The predicted octanol–water partition coefficient (Wildman–Crippen LogP) is 4.30. The minimum atomic E-state index is -0.498. The third-order valence-electron chi connectivity index (χ3n) is 7.10. The van der Waals surface area contributed by atoms with Crippen LogP contribution in [0.25, 0.3) is 0 Å². The molecule has 3 aromatic rings. The van der Waals surface area contributed by atoms with Crippen molar-refractivity contribution < 1.29 is 14.5 Å². The third kappa shape index (κ3) is 2.22. The van der Waals surface area contributed by atoms with Crippen LogP contribution in [-0.2, 0) is 9.59 Å². The molecule has 2 bridgehead atoms. The summed E-state index contributed by atoms with van der Waals surface area (Å²) in [5, 5.41) is 11.4. The van der Waals surface area contributed by atoms with Gasteiger partial charge in [-0.2, -0.15) is 0 Å². The van der Waals surface area contributed by atoms with Crippen molar-refractivity contribution in [1.82, 2.24) is 0 Å². The summed E-state index contributed by atoms with van der Waals surface area (Å²) >= 11 is 0. The molecular weight excluding hydrogens is 392 g/mol. The zero-order valence-electron chi connectivity index (χ0n) is 16.7. The van der Waals surface area contributed by atoms with Crippen LogP contribution in [0.2, 0.25) is 0 Å². The Hall–Kier alpha value is -3.80. The quantitative estimate of drug-likeness (QED) is 0.358. The van der Waals surface area contributed by atoms with Gasteiger partial charge < -0.3 is 0 Å². The number of imide groups is 1. The van der Waals surface area contributed by atoms with Gasteiger partial charge in [-0.05, 0) is 35.2 Å². The van der Waals surface area contributed by atoms with Crippen LogP contribution in [0.15, 0.2) is 66.7 Å². The molecule has 1 heterocycles. The van der Waals surface area contributed by atoms with Crippen molar-refractivity contribution in [1.29, 1.82) is 0 Å². The molecule has 1 aliphatic heterocycles. The fourth-order valence-corrected chi connectivity index (χ4v) is 5.87. The smallest absolute Gasteiger partial charge is 0.274 e. The Kier molecular flexibility index (Phi) is 3.55. The normalized spacial score (nSPS) is 25.3. The fourth-order valence-electron chi connectivity index (χ4n) is 5.87. The number of anilines is 1. The molecule has 3 aromatic carbocycles. The molecule has 0 radical (unpaired) electrons. The molecule has 4 aliphatic rings. The van der Waals surface area contributed by atoms with Gasteiger partial charge in [-0.3, -0.25) is 19.7 Å². The van der Waals surface area contributed by atoms with E-state index in [1.807, 2.05) is 24.3 Å². The second-order valence-corrected chi connectivity index (χ2v) is 8.50. The van der Waals surface area contributed by atoms with Gasteiger partial charge in [-0.15, -0.1) is 0 Å². The topological polar surface area (TPSA) is 80.5 Å². The number of aryl methyl sites for hydroxylation is 1. The van der Waals surface area contributed by atoms with E-state index in [4.69, 9.17) is 0 Å². The number of nitro groups is 1. The Balaban J connectivity index is 1.54. The van der Waals surface area contributed by atoms with E-state index in [1.165, 1.54) is 11.0 Å². The molecule has 2 amide bonds. The van der Waals surface area contributed by atoms with Crippen LogP contribution in [0.1, 0.15) is 39.7 Å². The highest BCUT2D eigenvalue weighted by Gasteiger charge is 2.61. The van der Waals surface area contributed by atoms with Crippen LogP contribution in [0.3, 0.4) is 0 Å². The van der Waals surface area contributed by atoms with Crippen LogP contribution in [0, 0.1) is 28.9 Å². The summed E-state index contributed by atoms with van der Waals surface area (Å²) in [6, 6.07) is 20.6. The van der Waals surface area contributed by atoms with Gasteiger partial charge in [0.2, 0.25) is 11.8 Å². The molecule has 31 heavy (non-hydrogen) atoms. The second kappa shape index (κ2) is 6.11. The number of carbonyl (C=O) groups is 2. The van der Waals surface area contributed by atoms with Gasteiger partial charge in [0.05, 0.1) is 22.4 Å². The standard InChI is InChI=1S/C25H18N2O4/c1-13-10-11-14(12-19(13)27(30)31)26-24(28)22-20-15-6-2-3-7-16(15)21(23(22)25(26)29)18-9-5-4-8-17(18)20/h2-12,20-23H,1H3/t20?,21?,22-,23-/m0/s1. The second-order valence-electron chi connectivity index (χ2n) is 8.50. The number of carbonyl (C=O) groups excluding carboxylic acids is 2. The SMILES string of the molecule is Cc1ccc(N2C(=O)[C@H]3C4c5ccccc5C(c5ccccc54)[C@@H]3C2=O)cc1[N+](=O)[O-]. The molecule has 6 heteroatoms. The van der Waals surface area contributed by atoms with Gasteiger partial charge in [-0.1, -0.05) is 54.6 Å². The highest BCUT2D eigenvalue weighted by Crippen LogP contribution is 2.61. The average molecular weight is 410 g/mol. The van der Waals surface area contributed by atoms with E-state index >= 15 is 0 Å². The van der Waals surface area contributed by atoms with Gasteiger partial charge in [-0.25, -0.2) is 4.90 Å². The highest BCUT2D eigenvalue weighted by atomic mass is 16.6. The molecule has 3 aliphatic carbocycles. The van der Waals surface area contributed by atoms with Crippen molar-refractivity contribution in [2.45, 2.75) is 18.8 Å². The van der Waals surface area contributed by atoms with E-state index in [1.54, 1.807) is 19.1 Å². The van der Waals surface area contributed by atoms with Gasteiger partial charge >= 0.3 is 0 Å². The third-order valence-corrected chi connectivity index (χ3v) is 7.10. The lowest BCUT2D eigenvalue weighted by molar-refractivity contribution is -0.385. The van der Waals surface area contributed by atoms with E-state index in [0.29, 0.717) is 5.56 Å². The molecule has 152 valence electrons. The first-order valence-corrected chi connectivity index (χ1v) is 10.3. The Bertz CT molecular complexity index is 1200. The number of hydrogen-bond acceptors (Lipinski definition) is 4. The zero-order chi connectivity index (χ0) is 21.4. The van der Waals surface area contributed by atoms with Crippen LogP contribution >= 0.6 is 0 Å². The number of benzene rings is 3. The molecule has 6 nitrogen and oxygen atoms in total. The maximum atomic E-state index is 13.7. The molecule has 0 N–H and O–H groups in total. The van der Waals surface area contributed by atoms with Gasteiger partial charge in [0.15, 0.2) is 0 Å². The lowest BCUT2D eigenvalue weighted by atomic mass is 9.55. The van der Waals surface area contributed by atoms with Gasteiger partial charge in [0, 0.05) is 23.5 Å². The summed E-state index contributed by atoms with van der Waals surface area (Å²) in [6.45, 7) is 1.64. The molecule has 0 unspecified atom stereocenters. The Morgan fingerprint density at radius 2 is 1.23 bits per heavy atom. The van der Waals surface area contributed by atoms with Crippen LogP contribution in [0.4, 0.5) is 11.4 Å². The number of rotatable bonds is 2. The number of nitrogens with zero attached hydrogens (tertiary/aromatic N) is 2. The average Bonchev–Trinajstić information content (AvgIpc) is 3.05. The van der Waals surface area contributed by atoms with Crippen molar-refractivity contribution in [3.63, 3.8) is 0 Å². The molecule has 0 saturated carbocycles. The fraction of sp³-hybridized carbons (Fsp3) is 0.200. The first kappa shape index (κ1) is 18.0. The summed E-state index contributed by atoms with van der Waals surface area (Å²) < 4.78 is 0. The summed E-state index contributed by atoms with van der Waals surface area (Å²) in [5.74, 6) is -1.92. The predicted molar refractivity (Wildman–Crippen MR) is 114 cm³/mol. The molecule has 0 spiro atoms. The lowest BCUT2D eigenvalue weighted by Gasteiger charge is -2.45. The molecular formula is C25H18N2O4. The van der Waals surface area contributed by atoms with Crippen molar-refractivity contribution >= 4 is 23.2 Å². The first-order valence-electron chi connectivity index (χ1n) is 10.3. The van der Waals surface area contributed by atoms with E-state index in [-0.39, 0.29) is 35.0 Å². The number of hydrogen-bond donors (Lipinski definition) is 0. The number of amides is 2. The van der Waals surface area contributed by atoms with E-state index in [0.717, 1.165) is 22.3 Å². The van der Waals surface area contributed by atoms with Gasteiger partial charge in [0.1, 0.15) is 0 Å². The lowest BCUT2D eigenvalue weighted by Crippen LogP contribution is -2.41. The summed E-state index contributed by atoms with van der Waals surface area (Å²) in [4.78, 5) is 39.5. The van der Waals surface area contributed by atoms with Crippen molar-refractivity contribution in [3.05, 3.63) is 105 Å². The molecule has 1 saturated heterocycles. The molecule has 2 atom stereocenters. The van der Waals surface area contributed by atoms with Crippen molar-refractivity contribution in [2.24, 2.45) is 11.8 Å².